The maximum atomic E-state index is 11.4. The number of benzene rings is 2. The van der Waals surface area contributed by atoms with E-state index in [0.717, 1.165) is 28.8 Å². The number of nitrogens with two attached hydrogens (primary N) is 1. The quantitative estimate of drug-likeness (QED) is 0.454. The van der Waals surface area contributed by atoms with Gasteiger partial charge in [-0.1, -0.05) is 48.0 Å². The van der Waals surface area contributed by atoms with Gasteiger partial charge in [0.15, 0.2) is 6.29 Å². The monoisotopic (exact) mass is 432 g/mol. The van der Waals surface area contributed by atoms with Crippen LogP contribution in [0.15, 0.2) is 54.9 Å². The molecular weight excluding hydrogens is 412 g/mol. The van der Waals surface area contributed by atoms with E-state index in [9.17, 15) is 9.90 Å². The van der Waals surface area contributed by atoms with Crippen LogP contribution in [-0.4, -0.2) is 31.4 Å². The van der Waals surface area contributed by atoms with Gasteiger partial charge in [-0.3, -0.25) is 9.20 Å². The zero-order chi connectivity index (χ0) is 21.8. The lowest BCUT2D eigenvalue weighted by Crippen LogP contribution is -2.40. The van der Waals surface area contributed by atoms with Crippen molar-refractivity contribution in [2.24, 2.45) is 0 Å². The first kappa shape index (κ1) is 19.7. The van der Waals surface area contributed by atoms with Crippen molar-refractivity contribution in [1.29, 1.82) is 0 Å². The Balaban J connectivity index is 1.64. The van der Waals surface area contributed by atoms with Crippen LogP contribution in [0.1, 0.15) is 41.9 Å². The van der Waals surface area contributed by atoms with E-state index in [1.807, 2.05) is 53.9 Å². The summed E-state index contributed by atoms with van der Waals surface area (Å²) >= 11 is 6.71. The minimum Gasteiger partial charge on any atom is -0.390 e. The van der Waals surface area contributed by atoms with Crippen LogP contribution in [0.2, 0.25) is 5.02 Å². The average Bonchev–Trinajstić information content (AvgIpc) is 3.12. The lowest BCUT2D eigenvalue weighted by atomic mass is 9.72. The second kappa shape index (κ2) is 7.18. The number of aliphatic hydroxyl groups is 1. The topological polar surface area (TPSA) is 93.5 Å². The molecule has 0 spiro atoms. The number of hydrogen-bond acceptors (Lipinski definition) is 5. The van der Waals surface area contributed by atoms with Crippen LogP contribution in [-0.2, 0) is 0 Å². The molecule has 6 nitrogen and oxygen atoms in total. The summed E-state index contributed by atoms with van der Waals surface area (Å²) in [5.74, 6) is 1.35. The van der Waals surface area contributed by atoms with Crippen LogP contribution >= 0.6 is 11.6 Å². The number of halogens is 1. The number of hydrogen-bond donors (Lipinski definition) is 2. The molecule has 31 heavy (non-hydrogen) atoms. The van der Waals surface area contributed by atoms with Crippen LogP contribution in [0.3, 0.4) is 0 Å². The second-order valence-electron chi connectivity index (χ2n) is 8.35. The first-order valence-corrected chi connectivity index (χ1v) is 10.4. The smallest absolute Gasteiger partial charge is 0.150 e. The van der Waals surface area contributed by atoms with Gasteiger partial charge in [0.25, 0.3) is 0 Å². The van der Waals surface area contributed by atoms with Crippen molar-refractivity contribution in [2.45, 2.75) is 31.3 Å². The number of rotatable bonds is 4. The van der Waals surface area contributed by atoms with Gasteiger partial charge in [-0.2, -0.15) is 0 Å². The Morgan fingerprint density at radius 2 is 2.00 bits per heavy atom. The number of nitrogens with zero attached hydrogens (tertiary/aromatic N) is 3. The molecule has 7 heteroatoms. The fourth-order valence-electron chi connectivity index (χ4n) is 4.48. The Labute approximate surface area is 184 Å². The SMILES string of the molecule is CC1(O)CC(c2nc(-c3ccc(-c4ccccc4C=O)cc3Cl)c3c(N)nccn23)C1. The van der Waals surface area contributed by atoms with Crippen LogP contribution < -0.4 is 5.73 Å². The third-order valence-electron chi connectivity index (χ3n) is 5.97. The van der Waals surface area contributed by atoms with Gasteiger partial charge in [0.1, 0.15) is 22.9 Å². The maximum Gasteiger partial charge on any atom is 0.150 e. The van der Waals surface area contributed by atoms with E-state index in [1.54, 1.807) is 12.3 Å². The minimum atomic E-state index is -0.666. The fraction of sp³-hybridized carbons (Fsp3) is 0.208. The third-order valence-corrected chi connectivity index (χ3v) is 6.28. The zero-order valence-electron chi connectivity index (χ0n) is 16.9. The Kier molecular flexibility index (Phi) is 4.57. The number of carbonyl (C=O) groups is 1. The summed E-state index contributed by atoms with van der Waals surface area (Å²) in [7, 11) is 0. The van der Waals surface area contributed by atoms with E-state index >= 15 is 0 Å². The van der Waals surface area contributed by atoms with Crippen LogP contribution in [0.25, 0.3) is 27.9 Å². The van der Waals surface area contributed by atoms with E-state index < -0.39 is 5.60 Å². The predicted octanol–water partition coefficient (Wildman–Crippen LogP) is 4.74. The summed E-state index contributed by atoms with van der Waals surface area (Å²) in [6.07, 6.45) is 5.61. The molecule has 1 aliphatic rings. The van der Waals surface area contributed by atoms with Crippen molar-refractivity contribution in [1.82, 2.24) is 14.4 Å². The Morgan fingerprint density at radius 3 is 2.71 bits per heavy atom. The molecule has 2 aromatic heterocycles. The van der Waals surface area contributed by atoms with E-state index in [4.69, 9.17) is 22.3 Å². The van der Waals surface area contributed by atoms with Gasteiger partial charge in [0, 0.05) is 29.4 Å². The zero-order valence-corrected chi connectivity index (χ0v) is 17.7. The minimum absolute atomic E-state index is 0.135. The molecule has 0 aliphatic heterocycles. The number of nitrogen functional groups attached to an aromatic ring is 1. The van der Waals surface area contributed by atoms with Crippen LogP contribution in [0.4, 0.5) is 5.82 Å². The number of carbonyl (C=O) groups excluding carboxylic acids is 1. The second-order valence-corrected chi connectivity index (χ2v) is 8.76. The molecule has 0 bridgehead atoms. The number of aldehydes is 1. The number of anilines is 1. The Hall–Kier alpha value is -3.22. The van der Waals surface area contributed by atoms with Crippen molar-refractivity contribution in [3.8, 4) is 22.4 Å². The Bertz CT molecular complexity index is 1320. The van der Waals surface area contributed by atoms with E-state index in [0.29, 0.717) is 40.5 Å². The third kappa shape index (κ3) is 3.28. The summed E-state index contributed by atoms with van der Waals surface area (Å²) in [6, 6.07) is 13.0. The average molecular weight is 433 g/mol. The van der Waals surface area contributed by atoms with Crippen molar-refractivity contribution < 1.29 is 9.90 Å². The van der Waals surface area contributed by atoms with Crippen molar-refractivity contribution in [2.75, 3.05) is 5.73 Å². The molecule has 0 unspecified atom stereocenters. The highest BCUT2D eigenvalue weighted by Gasteiger charge is 2.41. The molecule has 0 saturated heterocycles. The Morgan fingerprint density at radius 1 is 1.23 bits per heavy atom. The molecule has 0 atom stereocenters. The molecule has 156 valence electrons. The lowest BCUT2D eigenvalue weighted by Gasteiger charge is -2.40. The van der Waals surface area contributed by atoms with Gasteiger partial charge >= 0.3 is 0 Å². The highest BCUT2D eigenvalue weighted by Crippen LogP contribution is 2.46. The van der Waals surface area contributed by atoms with Crippen molar-refractivity contribution in [3.05, 3.63) is 71.3 Å². The van der Waals surface area contributed by atoms with Gasteiger partial charge in [-0.25, -0.2) is 9.97 Å². The van der Waals surface area contributed by atoms with Gasteiger partial charge in [-0.05, 0) is 37.0 Å². The number of fused-ring (bicyclic) bond motifs is 1. The van der Waals surface area contributed by atoms with Gasteiger partial charge in [0.05, 0.1) is 10.6 Å². The van der Waals surface area contributed by atoms with Crippen molar-refractivity contribution >= 4 is 29.2 Å². The largest absolute Gasteiger partial charge is 0.390 e. The van der Waals surface area contributed by atoms with E-state index in [1.165, 1.54) is 0 Å². The molecule has 0 amide bonds. The number of imidazole rings is 1. The molecule has 0 radical (unpaired) electrons. The van der Waals surface area contributed by atoms with Gasteiger partial charge in [-0.15, -0.1) is 0 Å². The molecule has 3 N–H and O–H groups in total. The molecule has 2 aromatic carbocycles. The molecule has 5 rings (SSSR count). The van der Waals surface area contributed by atoms with Gasteiger partial charge < -0.3 is 10.8 Å². The lowest BCUT2D eigenvalue weighted by molar-refractivity contribution is -0.0335. The van der Waals surface area contributed by atoms with Gasteiger partial charge in [0.2, 0.25) is 0 Å². The van der Waals surface area contributed by atoms with Crippen LogP contribution in [0.5, 0.6) is 0 Å². The summed E-state index contributed by atoms with van der Waals surface area (Å²) < 4.78 is 1.95. The number of aromatic nitrogens is 3. The van der Waals surface area contributed by atoms with Crippen molar-refractivity contribution in [3.63, 3.8) is 0 Å². The standard InChI is InChI=1S/C24H21ClN4O2/c1-24(31)11-16(12-24)23-28-20(21-22(26)27-8-9-29(21)23)18-7-6-14(10-19(18)25)17-5-3-2-4-15(17)13-30/h2-10,13,16,31H,11-12H2,1H3,(H2,26,27). The summed E-state index contributed by atoms with van der Waals surface area (Å²) in [4.78, 5) is 20.6. The van der Waals surface area contributed by atoms with E-state index in [-0.39, 0.29) is 5.92 Å². The molecule has 1 fully saturated rings. The molecular formula is C24H21ClN4O2. The van der Waals surface area contributed by atoms with Crippen LogP contribution in [0, 0.1) is 0 Å². The summed E-state index contributed by atoms with van der Waals surface area (Å²) in [6.45, 7) is 1.84. The highest BCUT2D eigenvalue weighted by atomic mass is 35.5. The summed E-state index contributed by atoms with van der Waals surface area (Å²) in [5.41, 5.74) is 9.93. The first-order chi connectivity index (χ1) is 14.9. The maximum absolute atomic E-state index is 11.4. The molecule has 1 aliphatic carbocycles. The highest BCUT2D eigenvalue weighted by molar-refractivity contribution is 6.34. The van der Waals surface area contributed by atoms with E-state index in [2.05, 4.69) is 4.98 Å². The molecule has 2 heterocycles. The first-order valence-electron chi connectivity index (χ1n) is 10.1. The normalized spacial score (nSPS) is 20.5. The predicted molar refractivity (Wildman–Crippen MR) is 121 cm³/mol. The molecule has 1 saturated carbocycles. The summed E-state index contributed by atoms with van der Waals surface area (Å²) in [5, 5.41) is 10.7. The molecule has 4 aromatic rings. The fourth-order valence-corrected chi connectivity index (χ4v) is 4.75.